The number of carbonyl (C=O) groups excluding carboxylic acids is 1. The van der Waals surface area contributed by atoms with Gasteiger partial charge in [-0.3, -0.25) is 9.59 Å². The average Bonchev–Trinajstić information content (AvgIpc) is 3.31. The summed E-state index contributed by atoms with van der Waals surface area (Å²) in [4.78, 5) is 40.5. The predicted molar refractivity (Wildman–Crippen MR) is 150 cm³/mol. The average molecular weight is 548 g/mol. The van der Waals surface area contributed by atoms with Gasteiger partial charge in [0.25, 0.3) is 5.56 Å². The fraction of sp³-hybridized carbons (Fsp3) is 0.310. The number of Topliss-reactive ketones (excluding diaryl/α,β-unsaturated/α-hetero) is 1. The Morgan fingerprint density at radius 2 is 1.79 bits per heavy atom. The van der Waals surface area contributed by atoms with Gasteiger partial charge in [-0.1, -0.05) is 60.1 Å². The van der Waals surface area contributed by atoms with E-state index < -0.39 is 6.09 Å². The van der Waals surface area contributed by atoms with E-state index in [2.05, 4.69) is 5.32 Å². The van der Waals surface area contributed by atoms with E-state index in [1.165, 1.54) is 4.57 Å². The molecular formula is C29H30ClN5O4. The standard InChI is InChI=1S/C29H30ClN5O4/c1-18-19(2)35-26(28(37)34(18)17-25(36)20-9-4-3-5-10-20)23(15-21-11-6-7-13-24(21)30)27(32-35)33-14-8-12-22(16-33)31-29(38)39/h3-7,9-11,13,22,31H,8,12,14-17H2,1-2H3,(H,38,39)/t22-/m1/s1. The Morgan fingerprint density at radius 1 is 1.08 bits per heavy atom. The lowest BCUT2D eigenvalue weighted by Crippen LogP contribution is -2.47. The third kappa shape index (κ3) is 5.27. The highest BCUT2D eigenvalue weighted by molar-refractivity contribution is 6.31. The van der Waals surface area contributed by atoms with E-state index in [0.717, 1.165) is 24.1 Å². The maximum atomic E-state index is 14.1. The highest BCUT2D eigenvalue weighted by Crippen LogP contribution is 2.31. The molecule has 1 amide bonds. The van der Waals surface area contributed by atoms with Crippen LogP contribution in [0.3, 0.4) is 0 Å². The number of ketones is 1. The number of benzene rings is 2. The van der Waals surface area contributed by atoms with Gasteiger partial charge in [-0.15, -0.1) is 5.10 Å². The van der Waals surface area contributed by atoms with Gasteiger partial charge in [0, 0.05) is 47.4 Å². The number of anilines is 1. The number of hydrogen-bond acceptors (Lipinski definition) is 5. The molecule has 2 N–H and O–H groups in total. The van der Waals surface area contributed by atoms with Gasteiger partial charge < -0.3 is 19.9 Å². The highest BCUT2D eigenvalue weighted by Gasteiger charge is 2.29. The van der Waals surface area contributed by atoms with E-state index in [9.17, 15) is 19.5 Å². The zero-order valence-corrected chi connectivity index (χ0v) is 22.6. The number of amides is 1. The second kappa shape index (κ2) is 10.9. The Labute approximate surface area is 230 Å². The van der Waals surface area contributed by atoms with Crippen molar-refractivity contribution in [3.8, 4) is 0 Å². The molecule has 0 unspecified atom stereocenters. The first-order valence-corrected chi connectivity index (χ1v) is 13.3. The molecule has 9 nitrogen and oxygen atoms in total. The first-order chi connectivity index (χ1) is 18.7. The molecule has 202 valence electrons. The summed E-state index contributed by atoms with van der Waals surface area (Å²) in [6.07, 6.45) is 0.794. The number of nitrogens with one attached hydrogen (secondary N) is 1. The number of aryl methyl sites for hydroxylation is 1. The molecule has 1 aliphatic rings. The molecule has 2 aromatic carbocycles. The summed E-state index contributed by atoms with van der Waals surface area (Å²) in [5, 5.41) is 17.3. The van der Waals surface area contributed by atoms with Crippen molar-refractivity contribution in [3.05, 3.63) is 98.1 Å². The van der Waals surface area contributed by atoms with Crippen LogP contribution < -0.4 is 15.8 Å². The number of piperidine rings is 1. The Kier molecular flexibility index (Phi) is 7.43. The summed E-state index contributed by atoms with van der Waals surface area (Å²) in [6.45, 7) is 4.72. The molecule has 0 bridgehead atoms. The van der Waals surface area contributed by atoms with Gasteiger partial charge in [-0.05, 0) is 38.3 Å². The van der Waals surface area contributed by atoms with Crippen LogP contribution in [0.1, 0.15) is 45.7 Å². The van der Waals surface area contributed by atoms with Crippen LogP contribution in [0.25, 0.3) is 5.52 Å². The molecule has 0 radical (unpaired) electrons. The van der Waals surface area contributed by atoms with Gasteiger partial charge in [0.15, 0.2) is 11.6 Å². The summed E-state index contributed by atoms with van der Waals surface area (Å²) in [7, 11) is 0. The number of nitrogens with zero attached hydrogens (tertiary/aromatic N) is 4. The minimum absolute atomic E-state index is 0.0909. The highest BCUT2D eigenvalue weighted by atomic mass is 35.5. The van der Waals surface area contributed by atoms with Crippen LogP contribution in [-0.2, 0) is 13.0 Å². The van der Waals surface area contributed by atoms with Gasteiger partial charge in [-0.2, -0.15) is 0 Å². The lowest BCUT2D eigenvalue weighted by atomic mass is 10.0. The fourth-order valence-electron chi connectivity index (χ4n) is 5.29. The van der Waals surface area contributed by atoms with E-state index in [1.807, 2.05) is 49.1 Å². The fourth-order valence-corrected chi connectivity index (χ4v) is 5.49. The molecule has 0 saturated carbocycles. The van der Waals surface area contributed by atoms with Crippen LogP contribution >= 0.6 is 11.6 Å². The van der Waals surface area contributed by atoms with Crippen LogP contribution in [0, 0.1) is 13.8 Å². The molecule has 5 rings (SSSR count). The third-order valence-corrected chi connectivity index (χ3v) is 7.80. The van der Waals surface area contributed by atoms with Crippen molar-refractivity contribution in [1.29, 1.82) is 0 Å². The van der Waals surface area contributed by atoms with E-state index in [4.69, 9.17) is 16.7 Å². The molecule has 0 spiro atoms. The number of rotatable bonds is 7. The molecule has 3 heterocycles. The first-order valence-electron chi connectivity index (χ1n) is 12.9. The van der Waals surface area contributed by atoms with Crippen molar-refractivity contribution in [1.82, 2.24) is 19.5 Å². The van der Waals surface area contributed by atoms with Gasteiger partial charge in [0.2, 0.25) is 0 Å². The SMILES string of the molecule is Cc1c(C)n2nc(N3CCC[C@@H](NC(=O)O)C3)c(Cc3ccccc3Cl)c2c(=O)n1CC(=O)c1ccccc1. The molecule has 2 aromatic heterocycles. The second-order valence-corrected chi connectivity index (χ2v) is 10.3. The summed E-state index contributed by atoms with van der Waals surface area (Å²) in [5.41, 5.74) is 3.57. The van der Waals surface area contributed by atoms with E-state index >= 15 is 0 Å². The summed E-state index contributed by atoms with van der Waals surface area (Å²) in [5.74, 6) is 0.467. The Balaban J connectivity index is 1.66. The Morgan fingerprint density at radius 3 is 2.51 bits per heavy atom. The molecular weight excluding hydrogens is 518 g/mol. The summed E-state index contributed by atoms with van der Waals surface area (Å²) >= 11 is 6.53. The zero-order valence-electron chi connectivity index (χ0n) is 21.9. The molecule has 1 aliphatic heterocycles. The molecule has 1 atom stereocenters. The molecule has 10 heteroatoms. The van der Waals surface area contributed by atoms with Crippen molar-refractivity contribution in [2.75, 3.05) is 18.0 Å². The third-order valence-electron chi connectivity index (χ3n) is 7.43. The number of carbonyl (C=O) groups is 2. The smallest absolute Gasteiger partial charge is 0.404 e. The molecule has 1 saturated heterocycles. The van der Waals surface area contributed by atoms with Crippen molar-refractivity contribution >= 4 is 34.8 Å². The van der Waals surface area contributed by atoms with Crippen LogP contribution in [0.5, 0.6) is 0 Å². The van der Waals surface area contributed by atoms with E-state index in [0.29, 0.717) is 52.7 Å². The quantitative estimate of drug-likeness (QED) is 0.330. The zero-order chi connectivity index (χ0) is 27.7. The van der Waals surface area contributed by atoms with Crippen LogP contribution in [0.4, 0.5) is 10.6 Å². The monoisotopic (exact) mass is 547 g/mol. The summed E-state index contributed by atoms with van der Waals surface area (Å²) in [6, 6.07) is 16.1. The Bertz CT molecular complexity index is 1610. The van der Waals surface area contributed by atoms with Crippen molar-refractivity contribution < 1.29 is 14.7 Å². The molecule has 39 heavy (non-hydrogen) atoms. The first kappa shape index (κ1) is 26.5. The van der Waals surface area contributed by atoms with Crippen molar-refractivity contribution in [3.63, 3.8) is 0 Å². The minimum atomic E-state index is -1.06. The number of aromatic nitrogens is 3. The van der Waals surface area contributed by atoms with Crippen LogP contribution in [-0.4, -0.2) is 50.3 Å². The number of hydrogen-bond donors (Lipinski definition) is 2. The van der Waals surface area contributed by atoms with Crippen molar-refractivity contribution in [2.45, 2.75) is 45.7 Å². The van der Waals surface area contributed by atoms with Crippen LogP contribution in [0.2, 0.25) is 5.02 Å². The maximum Gasteiger partial charge on any atom is 0.404 e. The predicted octanol–water partition coefficient (Wildman–Crippen LogP) is 4.48. The number of fused-ring (bicyclic) bond motifs is 1. The van der Waals surface area contributed by atoms with Gasteiger partial charge >= 0.3 is 6.09 Å². The Hall–Kier alpha value is -4.11. The second-order valence-electron chi connectivity index (χ2n) is 9.92. The number of carboxylic acid groups (broad SMARTS) is 1. The minimum Gasteiger partial charge on any atom is -0.465 e. The molecule has 0 aliphatic carbocycles. The largest absolute Gasteiger partial charge is 0.465 e. The maximum absolute atomic E-state index is 14.1. The van der Waals surface area contributed by atoms with E-state index in [-0.39, 0.29) is 23.9 Å². The van der Waals surface area contributed by atoms with E-state index in [1.54, 1.807) is 28.8 Å². The summed E-state index contributed by atoms with van der Waals surface area (Å²) < 4.78 is 3.18. The lowest BCUT2D eigenvalue weighted by molar-refractivity contribution is 0.0970. The number of halogens is 1. The van der Waals surface area contributed by atoms with Gasteiger partial charge in [0.1, 0.15) is 5.52 Å². The van der Waals surface area contributed by atoms with Crippen LogP contribution in [0.15, 0.2) is 59.4 Å². The molecule has 1 fully saturated rings. The normalized spacial score (nSPS) is 15.5. The van der Waals surface area contributed by atoms with Crippen molar-refractivity contribution in [2.24, 2.45) is 0 Å². The van der Waals surface area contributed by atoms with Gasteiger partial charge in [0.05, 0.1) is 12.2 Å². The van der Waals surface area contributed by atoms with Gasteiger partial charge in [-0.25, -0.2) is 9.31 Å². The molecule has 4 aromatic rings. The topological polar surface area (TPSA) is 109 Å². The lowest BCUT2D eigenvalue weighted by Gasteiger charge is -2.33.